The molecule has 1 N–H and O–H groups in total. The van der Waals surface area contributed by atoms with Crippen LogP contribution in [-0.4, -0.2) is 10.7 Å². The van der Waals surface area contributed by atoms with Gasteiger partial charge in [-0.1, -0.05) is 64.5 Å². The molecule has 0 fully saturated rings. The average molecular weight is 316 g/mol. The van der Waals surface area contributed by atoms with Crippen molar-refractivity contribution in [1.29, 1.82) is 0 Å². The van der Waals surface area contributed by atoms with Gasteiger partial charge in [-0.25, -0.2) is 0 Å². The van der Waals surface area contributed by atoms with Gasteiger partial charge in [0.15, 0.2) is 0 Å². The van der Waals surface area contributed by atoms with E-state index in [1.165, 1.54) is 11.1 Å². The second-order valence-electron chi connectivity index (χ2n) is 4.74. The fourth-order valence-electron chi connectivity index (χ4n) is 2.57. The second kappa shape index (κ2) is 5.17. The van der Waals surface area contributed by atoms with Crippen molar-refractivity contribution in [2.45, 2.75) is 17.2 Å². The molecule has 2 aromatic rings. The van der Waals surface area contributed by atoms with E-state index in [1.807, 2.05) is 36.4 Å². The summed E-state index contributed by atoms with van der Waals surface area (Å²) in [5.41, 5.74) is 3.35. The number of benzene rings is 2. The van der Waals surface area contributed by atoms with Crippen molar-refractivity contribution < 1.29 is 4.79 Å². The van der Waals surface area contributed by atoms with Gasteiger partial charge in [0.05, 0.1) is 4.83 Å². The van der Waals surface area contributed by atoms with Crippen molar-refractivity contribution in [2.24, 2.45) is 0 Å². The first-order chi connectivity index (χ1) is 9.25. The van der Waals surface area contributed by atoms with Crippen LogP contribution in [0.1, 0.15) is 23.5 Å². The molecule has 0 saturated carbocycles. The fraction of sp³-hybridized carbons (Fsp3) is 0.188. The van der Waals surface area contributed by atoms with Gasteiger partial charge in [-0.2, -0.15) is 0 Å². The number of hydrogen-bond donors (Lipinski definition) is 1. The predicted molar refractivity (Wildman–Crippen MR) is 80.7 cm³/mol. The highest BCUT2D eigenvalue weighted by Crippen LogP contribution is 2.38. The number of rotatable bonds is 1. The molecule has 19 heavy (non-hydrogen) atoms. The van der Waals surface area contributed by atoms with E-state index >= 15 is 0 Å². The van der Waals surface area contributed by atoms with E-state index < -0.39 is 0 Å². The van der Waals surface area contributed by atoms with Gasteiger partial charge in [0.25, 0.3) is 0 Å². The zero-order chi connectivity index (χ0) is 13.2. The highest BCUT2D eigenvalue weighted by molar-refractivity contribution is 9.10. The van der Waals surface area contributed by atoms with Crippen LogP contribution in [0.2, 0.25) is 0 Å². The highest BCUT2D eigenvalue weighted by atomic mass is 79.9. The van der Waals surface area contributed by atoms with E-state index in [0.717, 1.165) is 12.1 Å². The molecule has 1 aliphatic rings. The average Bonchev–Trinajstić information content (AvgIpc) is 2.58. The first-order valence-electron chi connectivity index (χ1n) is 6.34. The summed E-state index contributed by atoms with van der Waals surface area (Å²) < 4.78 is 0. The van der Waals surface area contributed by atoms with Crippen molar-refractivity contribution >= 4 is 27.5 Å². The van der Waals surface area contributed by atoms with Gasteiger partial charge in [-0.05, 0) is 23.6 Å². The molecular weight excluding hydrogens is 302 g/mol. The summed E-state index contributed by atoms with van der Waals surface area (Å²) in [6, 6.07) is 18.4. The summed E-state index contributed by atoms with van der Waals surface area (Å²) in [5, 5.41) is 2.99. The summed E-state index contributed by atoms with van der Waals surface area (Å²) in [6.45, 7) is 0. The van der Waals surface area contributed by atoms with Gasteiger partial charge in [-0.3, -0.25) is 4.79 Å². The number of fused-ring (bicyclic) bond motifs is 1. The first-order valence-corrected chi connectivity index (χ1v) is 7.26. The largest absolute Gasteiger partial charge is 0.325 e. The van der Waals surface area contributed by atoms with Gasteiger partial charge >= 0.3 is 0 Å². The number of carbonyl (C=O) groups is 1. The molecule has 0 spiro atoms. The second-order valence-corrected chi connectivity index (χ2v) is 5.85. The Morgan fingerprint density at radius 2 is 1.68 bits per heavy atom. The number of para-hydroxylation sites is 1. The molecular formula is C16H14BrNO. The molecule has 2 aromatic carbocycles. The molecule has 0 aromatic heterocycles. The van der Waals surface area contributed by atoms with Crippen LogP contribution in [0.4, 0.5) is 5.69 Å². The van der Waals surface area contributed by atoms with E-state index in [9.17, 15) is 4.79 Å². The Hall–Kier alpha value is -1.61. The zero-order valence-electron chi connectivity index (χ0n) is 10.3. The number of carbonyl (C=O) groups excluding carboxylic acids is 1. The number of hydrogen-bond acceptors (Lipinski definition) is 1. The van der Waals surface area contributed by atoms with Crippen LogP contribution in [-0.2, 0) is 4.79 Å². The fourth-order valence-corrected chi connectivity index (χ4v) is 3.06. The molecule has 2 atom stereocenters. The van der Waals surface area contributed by atoms with Crippen LogP contribution in [0.15, 0.2) is 54.6 Å². The molecule has 0 bridgehead atoms. The first kappa shape index (κ1) is 12.4. The van der Waals surface area contributed by atoms with E-state index in [1.54, 1.807) is 0 Å². The minimum absolute atomic E-state index is 0.0332. The minimum Gasteiger partial charge on any atom is -0.325 e. The maximum Gasteiger partial charge on any atom is 0.238 e. The van der Waals surface area contributed by atoms with Crippen molar-refractivity contribution in [3.63, 3.8) is 0 Å². The lowest BCUT2D eigenvalue weighted by atomic mass is 9.87. The summed E-state index contributed by atoms with van der Waals surface area (Å²) in [6.07, 6.45) is 0.771. The van der Waals surface area contributed by atoms with Crippen molar-refractivity contribution in [3.05, 3.63) is 65.7 Å². The van der Waals surface area contributed by atoms with Gasteiger partial charge < -0.3 is 5.32 Å². The van der Waals surface area contributed by atoms with E-state index in [0.29, 0.717) is 0 Å². The van der Waals surface area contributed by atoms with Crippen molar-refractivity contribution in [1.82, 2.24) is 0 Å². The van der Waals surface area contributed by atoms with Gasteiger partial charge in [0.1, 0.15) is 0 Å². The predicted octanol–water partition coefficient (Wildman–Crippen LogP) is 3.92. The number of halogens is 1. The third kappa shape index (κ3) is 2.43. The molecule has 96 valence electrons. The van der Waals surface area contributed by atoms with Gasteiger partial charge in [0, 0.05) is 11.6 Å². The molecule has 2 nitrogen and oxygen atoms in total. The topological polar surface area (TPSA) is 29.1 Å². The van der Waals surface area contributed by atoms with Crippen LogP contribution in [0.25, 0.3) is 0 Å². The molecule has 0 aliphatic carbocycles. The number of anilines is 1. The zero-order valence-corrected chi connectivity index (χ0v) is 11.9. The van der Waals surface area contributed by atoms with E-state index in [-0.39, 0.29) is 16.7 Å². The maximum atomic E-state index is 12.0. The van der Waals surface area contributed by atoms with Crippen LogP contribution in [0, 0.1) is 0 Å². The molecule has 0 unspecified atom stereocenters. The smallest absolute Gasteiger partial charge is 0.238 e. The molecule has 3 rings (SSSR count). The quantitative estimate of drug-likeness (QED) is 0.794. The third-order valence-electron chi connectivity index (χ3n) is 3.52. The lowest BCUT2D eigenvalue weighted by Crippen LogP contribution is -2.21. The number of amides is 1. The highest BCUT2D eigenvalue weighted by Gasteiger charge is 2.28. The van der Waals surface area contributed by atoms with Crippen LogP contribution < -0.4 is 5.32 Å². The number of alkyl halides is 1. The molecule has 3 heteroatoms. The van der Waals surface area contributed by atoms with Gasteiger partial charge in [-0.15, -0.1) is 0 Å². The van der Waals surface area contributed by atoms with E-state index in [4.69, 9.17) is 0 Å². The molecule has 0 saturated heterocycles. The van der Waals surface area contributed by atoms with Gasteiger partial charge in [0.2, 0.25) is 5.91 Å². The lowest BCUT2D eigenvalue weighted by molar-refractivity contribution is -0.115. The molecule has 1 aliphatic heterocycles. The number of nitrogens with one attached hydrogen (secondary N) is 1. The van der Waals surface area contributed by atoms with Crippen LogP contribution in [0.3, 0.4) is 0 Å². The third-order valence-corrected chi connectivity index (χ3v) is 4.31. The van der Waals surface area contributed by atoms with Crippen molar-refractivity contribution in [2.75, 3.05) is 5.32 Å². The Morgan fingerprint density at radius 1 is 1.00 bits per heavy atom. The summed E-state index contributed by atoms with van der Waals surface area (Å²) in [7, 11) is 0. The Morgan fingerprint density at radius 3 is 2.47 bits per heavy atom. The van der Waals surface area contributed by atoms with Crippen LogP contribution >= 0.6 is 15.9 Å². The summed E-state index contributed by atoms with van der Waals surface area (Å²) in [4.78, 5) is 11.8. The van der Waals surface area contributed by atoms with E-state index in [2.05, 4.69) is 39.4 Å². The molecule has 0 radical (unpaired) electrons. The summed E-state index contributed by atoms with van der Waals surface area (Å²) in [5.74, 6) is 0.270. The minimum atomic E-state index is -0.162. The standard InChI is InChI=1S/C16H14BrNO/c17-14-10-13(11-6-2-1-3-7-11)12-8-4-5-9-15(12)18-16(14)19/h1-9,13-14H,10H2,(H,18,19)/t13-,14-/m1/s1. The Balaban J connectivity index is 2.10. The SMILES string of the molecule is O=C1Nc2ccccc2[C@@H](c2ccccc2)C[C@H]1Br. The lowest BCUT2D eigenvalue weighted by Gasteiger charge is -2.18. The normalized spacial score (nSPS) is 22.3. The Bertz CT molecular complexity index is 597. The molecule has 1 amide bonds. The monoisotopic (exact) mass is 315 g/mol. The summed E-state index contributed by atoms with van der Waals surface area (Å²) >= 11 is 3.49. The van der Waals surface area contributed by atoms with Crippen molar-refractivity contribution in [3.8, 4) is 0 Å². The Labute approximate surface area is 121 Å². The van der Waals surface area contributed by atoms with Crippen LogP contribution in [0.5, 0.6) is 0 Å². The maximum absolute atomic E-state index is 12.0. The Kier molecular flexibility index (Phi) is 3.38. The molecule has 1 heterocycles.